The van der Waals surface area contributed by atoms with Crippen molar-refractivity contribution in [3.63, 3.8) is 0 Å². The van der Waals surface area contributed by atoms with Crippen LogP contribution in [0.25, 0.3) is 0 Å². The summed E-state index contributed by atoms with van der Waals surface area (Å²) in [4.78, 5) is 12.2. The molecule has 3 aromatic rings. The molecule has 1 amide bonds. The highest BCUT2D eigenvalue weighted by Crippen LogP contribution is 2.25. The van der Waals surface area contributed by atoms with Crippen LogP contribution in [0.3, 0.4) is 0 Å². The lowest BCUT2D eigenvalue weighted by Crippen LogP contribution is -2.27. The lowest BCUT2D eigenvalue weighted by atomic mass is 10.1. The van der Waals surface area contributed by atoms with E-state index in [9.17, 15) is 4.79 Å². The van der Waals surface area contributed by atoms with Gasteiger partial charge in [-0.05, 0) is 43.2 Å². The number of ether oxygens (including phenoxy) is 1. The summed E-state index contributed by atoms with van der Waals surface area (Å²) in [6.07, 6.45) is 2.28. The van der Waals surface area contributed by atoms with Gasteiger partial charge >= 0.3 is 0 Å². The minimum atomic E-state index is -0.303. The van der Waals surface area contributed by atoms with Gasteiger partial charge in [0, 0.05) is 17.6 Å². The Hall–Kier alpha value is -2.58. The minimum absolute atomic E-state index is 0.0326. The maximum absolute atomic E-state index is 12.2. The van der Waals surface area contributed by atoms with Crippen LogP contribution < -0.4 is 10.1 Å². The van der Waals surface area contributed by atoms with Gasteiger partial charge in [-0.3, -0.25) is 9.36 Å². The van der Waals surface area contributed by atoms with E-state index in [1.165, 1.54) is 17.3 Å². The van der Waals surface area contributed by atoms with E-state index in [1.54, 1.807) is 6.08 Å². The largest absolute Gasteiger partial charge is 0.483 e. The number of rotatable bonds is 11. The molecule has 1 aromatic heterocycles. The number of thioether (sulfide) groups is 1. The number of amides is 1. The van der Waals surface area contributed by atoms with Gasteiger partial charge in [0.05, 0.1) is 5.75 Å². The molecular weight excluding hydrogens is 476 g/mol. The highest BCUT2D eigenvalue weighted by Gasteiger charge is 2.19. The van der Waals surface area contributed by atoms with Crippen LogP contribution >= 0.6 is 27.7 Å². The fourth-order valence-corrected chi connectivity index (χ4v) is 4.00. The normalized spacial score (nSPS) is 11.7. The van der Waals surface area contributed by atoms with Crippen molar-refractivity contribution in [3.8, 4) is 5.75 Å². The Morgan fingerprint density at radius 1 is 1.23 bits per heavy atom. The Labute approximate surface area is 195 Å². The van der Waals surface area contributed by atoms with Crippen LogP contribution in [0.4, 0.5) is 0 Å². The molecule has 0 fully saturated rings. The van der Waals surface area contributed by atoms with Crippen LogP contribution in [0.15, 0.2) is 76.9 Å². The van der Waals surface area contributed by atoms with E-state index in [2.05, 4.69) is 50.2 Å². The molecule has 1 heterocycles. The fraction of sp³-hybridized carbons (Fsp3) is 0.261. The molecule has 8 heteroatoms. The number of halogens is 1. The van der Waals surface area contributed by atoms with E-state index in [1.807, 2.05) is 54.0 Å². The molecule has 1 atom stereocenters. The first-order chi connectivity index (χ1) is 15.1. The van der Waals surface area contributed by atoms with Gasteiger partial charge in [-0.1, -0.05) is 64.1 Å². The predicted molar refractivity (Wildman–Crippen MR) is 127 cm³/mol. The summed E-state index contributed by atoms with van der Waals surface area (Å²) in [6.45, 7) is 6.89. The zero-order chi connectivity index (χ0) is 22.1. The Balaban J connectivity index is 1.55. The van der Waals surface area contributed by atoms with E-state index in [0.717, 1.165) is 16.6 Å². The van der Waals surface area contributed by atoms with Gasteiger partial charge in [-0.15, -0.1) is 16.8 Å². The summed E-state index contributed by atoms with van der Waals surface area (Å²) in [6, 6.07) is 17.7. The van der Waals surface area contributed by atoms with E-state index >= 15 is 0 Å². The van der Waals surface area contributed by atoms with Crippen LogP contribution in [-0.4, -0.2) is 33.0 Å². The van der Waals surface area contributed by atoms with Crippen molar-refractivity contribution in [1.29, 1.82) is 0 Å². The van der Waals surface area contributed by atoms with Crippen molar-refractivity contribution in [2.24, 2.45) is 0 Å². The second kappa shape index (κ2) is 11.7. The maximum Gasteiger partial charge on any atom is 0.230 e. The third-order valence-corrected chi connectivity index (χ3v) is 5.95. The van der Waals surface area contributed by atoms with Crippen LogP contribution in [0.5, 0.6) is 5.75 Å². The van der Waals surface area contributed by atoms with Crippen molar-refractivity contribution in [2.75, 3.05) is 12.3 Å². The molecule has 0 saturated carbocycles. The second-order valence-electron chi connectivity index (χ2n) is 6.83. The van der Waals surface area contributed by atoms with E-state index < -0.39 is 0 Å². The SMILES string of the molecule is C=CCn1c(SCC(=O)NCCc2ccccc2)nnc1C(C)Oc1ccc(Br)cc1. The molecule has 3 rings (SSSR count). The van der Waals surface area contributed by atoms with Gasteiger partial charge in [0.2, 0.25) is 5.91 Å². The number of allylic oxidation sites excluding steroid dienone is 1. The summed E-state index contributed by atoms with van der Waals surface area (Å²) >= 11 is 4.78. The number of aromatic nitrogens is 3. The average molecular weight is 501 g/mol. The Morgan fingerprint density at radius 3 is 2.68 bits per heavy atom. The monoisotopic (exact) mass is 500 g/mol. The van der Waals surface area contributed by atoms with Crippen LogP contribution in [0, 0.1) is 0 Å². The van der Waals surface area contributed by atoms with Crippen LogP contribution in [0.2, 0.25) is 0 Å². The molecule has 0 radical (unpaired) electrons. The first-order valence-corrected chi connectivity index (χ1v) is 11.7. The van der Waals surface area contributed by atoms with Gasteiger partial charge in [-0.25, -0.2) is 0 Å². The third-order valence-electron chi connectivity index (χ3n) is 4.46. The summed E-state index contributed by atoms with van der Waals surface area (Å²) in [5.74, 6) is 1.67. The Bertz CT molecular complexity index is 993. The topological polar surface area (TPSA) is 69.0 Å². The number of benzene rings is 2. The fourth-order valence-electron chi connectivity index (χ4n) is 2.95. The zero-order valence-electron chi connectivity index (χ0n) is 17.3. The quantitative estimate of drug-likeness (QED) is 0.302. The Kier molecular flexibility index (Phi) is 8.73. The minimum Gasteiger partial charge on any atom is -0.483 e. The van der Waals surface area contributed by atoms with Crippen molar-refractivity contribution in [1.82, 2.24) is 20.1 Å². The van der Waals surface area contributed by atoms with Crippen molar-refractivity contribution < 1.29 is 9.53 Å². The Morgan fingerprint density at radius 2 is 1.97 bits per heavy atom. The molecule has 0 bridgehead atoms. The highest BCUT2D eigenvalue weighted by atomic mass is 79.9. The summed E-state index contributed by atoms with van der Waals surface area (Å²) < 4.78 is 8.93. The summed E-state index contributed by atoms with van der Waals surface area (Å²) in [7, 11) is 0. The number of nitrogens with one attached hydrogen (secondary N) is 1. The molecule has 0 aliphatic rings. The first-order valence-electron chi connectivity index (χ1n) is 9.96. The summed E-state index contributed by atoms with van der Waals surface area (Å²) in [5, 5.41) is 12.2. The van der Waals surface area contributed by atoms with Crippen molar-refractivity contribution in [3.05, 3.63) is 83.1 Å². The van der Waals surface area contributed by atoms with Crippen molar-refractivity contribution >= 4 is 33.6 Å². The van der Waals surface area contributed by atoms with E-state index in [4.69, 9.17) is 4.74 Å². The zero-order valence-corrected chi connectivity index (χ0v) is 19.7. The lowest BCUT2D eigenvalue weighted by molar-refractivity contribution is -0.118. The molecule has 0 spiro atoms. The molecule has 1 N–H and O–H groups in total. The smallest absolute Gasteiger partial charge is 0.230 e. The molecule has 0 saturated heterocycles. The number of hydrogen-bond acceptors (Lipinski definition) is 5. The van der Waals surface area contributed by atoms with Gasteiger partial charge in [0.25, 0.3) is 0 Å². The molecule has 1 unspecified atom stereocenters. The van der Waals surface area contributed by atoms with Crippen LogP contribution in [0.1, 0.15) is 24.4 Å². The number of carbonyl (C=O) groups is 1. The van der Waals surface area contributed by atoms with E-state index in [0.29, 0.717) is 24.1 Å². The van der Waals surface area contributed by atoms with Crippen LogP contribution in [-0.2, 0) is 17.8 Å². The molecule has 2 aromatic carbocycles. The first kappa shape index (κ1) is 23.1. The van der Waals surface area contributed by atoms with E-state index in [-0.39, 0.29) is 17.8 Å². The molecule has 162 valence electrons. The van der Waals surface area contributed by atoms with Crippen molar-refractivity contribution in [2.45, 2.75) is 31.1 Å². The van der Waals surface area contributed by atoms with Gasteiger partial charge in [-0.2, -0.15) is 0 Å². The second-order valence-corrected chi connectivity index (χ2v) is 8.69. The van der Waals surface area contributed by atoms with Gasteiger partial charge in [0.15, 0.2) is 17.1 Å². The van der Waals surface area contributed by atoms with Gasteiger partial charge in [0.1, 0.15) is 5.75 Å². The standard InChI is InChI=1S/C23H25BrN4O2S/c1-3-15-28-22(17(2)30-20-11-9-19(24)10-12-20)26-27-23(28)31-16-21(29)25-14-13-18-7-5-4-6-8-18/h3-12,17H,1,13-16H2,2H3,(H,25,29). The predicted octanol–water partition coefficient (Wildman–Crippen LogP) is 4.82. The molecule has 6 nitrogen and oxygen atoms in total. The maximum atomic E-state index is 12.2. The molecular formula is C23H25BrN4O2S. The molecule has 31 heavy (non-hydrogen) atoms. The van der Waals surface area contributed by atoms with Gasteiger partial charge < -0.3 is 10.1 Å². The average Bonchev–Trinajstić information content (AvgIpc) is 3.17. The molecule has 0 aliphatic heterocycles. The lowest BCUT2D eigenvalue weighted by Gasteiger charge is -2.15. The number of carbonyl (C=O) groups excluding carboxylic acids is 1. The number of hydrogen-bond donors (Lipinski definition) is 1. The third kappa shape index (κ3) is 6.97. The highest BCUT2D eigenvalue weighted by molar-refractivity contribution is 9.10. The molecule has 0 aliphatic carbocycles. The summed E-state index contributed by atoms with van der Waals surface area (Å²) in [5.41, 5.74) is 1.20. The number of nitrogens with zero attached hydrogens (tertiary/aromatic N) is 3.